The summed E-state index contributed by atoms with van der Waals surface area (Å²) in [6.45, 7) is 2.52. The molecule has 0 aliphatic carbocycles. The highest BCUT2D eigenvalue weighted by Crippen LogP contribution is 2.34. The van der Waals surface area contributed by atoms with Crippen molar-refractivity contribution >= 4 is 0 Å². The van der Waals surface area contributed by atoms with Crippen LogP contribution in [0.1, 0.15) is 29.7 Å². The molecule has 0 unspecified atom stereocenters. The lowest BCUT2D eigenvalue weighted by Gasteiger charge is -2.16. The normalized spacial score (nSPS) is 12.6. The van der Waals surface area contributed by atoms with Crippen LogP contribution in [-0.2, 0) is 12.7 Å². The van der Waals surface area contributed by atoms with E-state index in [4.69, 9.17) is 4.74 Å². The average Bonchev–Trinajstić information content (AvgIpc) is 2.72. The van der Waals surface area contributed by atoms with Gasteiger partial charge in [-0.05, 0) is 60.0 Å². The molecule has 0 bridgehead atoms. The maximum Gasteiger partial charge on any atom is 0.416 e. The van der Waals surface area contributed by atoms with Crippen molar-refractivity contribution in [1.29, 1.82) is 0 Å². The number of benzene rings is 3. The van der Waals surface area contributed by atoms with Crippen LogP contribution in [0.3, 0.4) is 0 Å². The quantitative estimate of drug-likeness (QED) is 0.483. The molecule has 0 amide bonds. The Morgan fingerprint density at radius 2 is 1.59 bits per heavy atom. The minimum Gasteiger partial charge on any atom is -0.496 e. The minimum atomic E-state index is -4.37. The molecule has 3 aromatic carbocycles. The van der Waals surface area contributed by atoms with E-state index in [1.807, 2.05) is 19.1 Å². The van der Waals surface area contributed by atoms with Gasteiger partial charge in [0.05, 0.1) is 12.7 Å². The fourth-order valence-electron chi connectivity index (χ4n) is 3.07. The number of halogens is 4. The first-order chi connectivity index (χ1) is 13.8. The van der Waals surface area contributed by atoms with E-state index in [1.165, 1.54) is 31.4 Å². The Balaban J connectivity index is 1.79. The van der Waals surface area contributed by atoms with E-state index in [0.717, 1.165) is 28.8 Å². The Bertz CT molecular complexity index is 950. The summed E-state index contributed by atoms with van der Waals surface area (Å²) in [5.41, 5.74) is 2.59. The summed E-state index contributed by atoms with van der Waals surface area (Å²) in [7, 11) is 1.53. The second-order valence-electron chi connectivity index (χ2n) is 6.76. The van der Waals surface area contributed by atoms with E-state index in [9.17, 15) is 17.6 Å². The van der Waals surface area contributed by atoms with Gasteiger partial charge in [0.15, 0.2) is 0 Å². The van der Waals surface area contributed by atoms with Gasteiger partial charge < -0.3 is 10.1 Å². The second-order valence-corrected chi connectivity index (χ2v) is 6.76. The standard InChI is InChI=1S/C23H21F4NO/c1-15(17-6-10-20(24)11-7-17)28-14-16-3-12-22(29-2)21(13-16)18-4-8-19(9-5-18)23(25,26)27/h3-13,15,28H,14H2,1-2H3/t15-/m1/s1. The molecule has 0 saturated carbocycles. The summed E-state index contributed by atoms with van der Waals surface area (Å²) in [5.74, 6) is 0.303. The van der Waals surface area contributed by atoms with Gasteiger partial charge in [0.1, 0.15) is 11.6 Å². The Morgan fingerprint density at radius 3 is 2.17 bits per heavy atom. The lowest BCUT2D eigenvalue weighted by Crippen LogP contribution is -2.18. The molecule has 152 valence electrons. The Kier molecular flexibility index (Phi) is 6.23. The predicted octanol–water partition coefficient (Wildman–Crippen LogP) is 6.37. The molecule has 0 saturated heterocycles. The number of rotatable bonds is 6. The van der Waals surface area contributed by atoms with Crippen LogP contribution in [0.4, 0.5) is 17.6 Å². The van der Waals surface area contributed by atoms with Crippen molar-refractivity contribution in [2.75, 3.05) is 7.11 Å². The first-order valence-electron chi connectivity index (χ1n) is 9.11. The third kappa shape index (κ3) is 5.15. The van der Waals surface area contributed by atoms with Gasteiger partial charge in [-0.3, -0.25) is 0 Å². The number of methoxy groups -OCH3 is 1. The van der Waals surface area contributed by atoms with E-state index in [2.05, 4.69) is 5.32 Å². The van der Waals surface area contributed by atoms with Crippen LogP contribution >= 0.6 is 0 Å². The Labute approximate surface area is 167 Å². The molecule has 0 radical (unpaired) electrons. The van der Waals surface area contributed by atoms with Crippen molar-refractivity contribution in [2.45, 2.75) is 25.7 Å². The molecule has 0 heterocycles. The molecular formula is C23H21F4NO. The topological polar surface area (TPSA) is 21.3 Å². The lowest BCUT2D eigenvalue weighted by atomic mass is 10.00. The third-order valence-electron chi connectivity index (χ3n) is 4.77. The van der Waals surface area contributed by atoms with Crippen molar-refractivity contribution in [3.05, 3.63) is 89.2 Å². The molecule has 1 N–H and O–H groups in total. The van der Waals surface area contributed by atoms with Crippen LogP contribution in [0, 0.1) is 5.82 Å². The summed E-state index contributed by atoms with van der Waals surface area (Å²) in [5, 5.41) is 3.37. The molecule has 0 spiro atoms. The van der Waals surface area contributed by atoms with Gasteiger partial charge in [-0.2, -0.15) is 13.2 Å². The van der Waals surface area contributed by atoms with Crippen molar-refractivity contribution in [3.63, 3.8) is 0 Å². The molecular weight excluding hydrogens is 382 g/mol. The average molecular weight is 403 g/mol. The largest absolute Gasteiger partial charge is 0.496 e. The lowest BCUT2D eigenvalue weighted by molar-refractivity contribution is -0.137. The summed E-state index contributed by atoms with van der Waals surface area (Å²) in [6, 6.07) is 16.9. The van der Waals surface area contributed by atoms with E-state index < -0.39 is 11.7 Å². The number of hydrogen-bond donors (Lipinski definition) is 1. The van der Waals surface area contributed by atoms with Crippen molar-refractivity contribution < 1.29 is 22.3 Å². The zero-order valence-corrected chi connectivity index (χ0v) is 16.1. The SMILES string of the molecule is COc1ccc(CN[C@H](C)c2ccc(F)cc2)cc1-c1ccc(C(F)(F)F)cc1. The van der Waals surface area contributed by atoms with Crippen molar-refractivity contribution in [2.24, 2.45) is 0 Å². The van der Waals surface area contributed by atoms with Gasteiger partial charge in [0.2, 0.25) is 0 Å². The molecule has 6 heteroatoms. The Hall–Kier alpha value is -2.86. The van der Waals surface area contributed by atoms with Gasteiger partial charge in [0, 0.05) is 18.2 Å². The third-order valence-corrected chi connectivity index (χ3v) is 4.77. The zero-order valence-electron chi connectivity index (χ0n) is 16.1. The number of alkyl halides is 3. The fraction of sp³-hybridized carbons (Fsp3) is 0.217. The van der Waals surface area contributed by atoms with E-state index in [-0.39, 0.29) is 11.9 Å². The maximum atomic E-state index is 13.1. The molecule has 0 aliphatic heterocycles. The van der Waals surface area contributed by atoms with E-state index in [0.29, 0.717) is 17.9 Å². The molecule has 0 aromatic heterocycles. The molecule has 29 heavy (non-hydrogen) atoms. The van der Waals surface area contributed by atoms with Crippen LogP contribution < -0.4 is 10.1 Å². The van der Waals surface area contributed by atoms with Crippen molar-refractivity contribution in [3.8, 4) is 16.9 Å². The highest BCUT2D eigenvalue weighted by molar-refractivity contribution is 5.71. The zero-order chi connectivity index (χ0) is 21.0. The summed E-state index contributed by atoms with van der Waals surface area (Å²) >= 11 is 0. The first-order valence-corrected chi connectivity index (χ1v) is 9.11. The van der Waals surface area contributed by atoms with Gasteiger partial charge >= 0.3 is 6.18 Å². The summed E-state index contributed by atoms with van der Waals surface area (Å²) < 4.78 is 56.9. The number of ether oxygens (including phenoxy) is 1. The highest BCUT2D eigenvalue weighted by Gasteiger charge is 2.30. The fourth-order valence-corrected chi connectivity index (χ4v) is 3.07. The molecule has 2 nitrogen and oxygen atoms in total. The number of hydrogen-bond acceptors (Lipinski definition) is 2. The number of nitrogens with one attached hydrogen (secondary N) is 1. The minimum absolute atomic E-state index is 0.00669. The Morgan fingerprint density at radius 1 is 0.931 bits per heavy atom. The van der Waals surface area contributed by atoms with Crippen molar-refractivity contribution in [1.82, 2.24) is 5.32 Å². The van der Waals surface area contributed by atoms with Crippen LogP contribution in [-0.4, -0.2) is 7.11 Å². The first kappa shape index (κ1) is 20.9. The molecule has 0 fully saturated rings. The van der Waals surface area contributed by atoms with E-state index in [1.54, 1.807) is 18.2 Å². The molecule has 1 atom stereocenters. The second kappa shape index (κ2) is 8.66. The van der Waals surface area contributed by atoms with Gasteiger partial charge in [-0.1, -0.05) is 30.3 Å². The summed E-state index contributed by atoms with van der Waals surface area (Å²) in [4.78, 5) is 0. The smallest absolute Gasteiger partial charge is 0.416 e. The van der Waals surface area contributed by atoms with Gasteiger partial charge in [0.25, 0.3) is 0 Å². The van der Waals surface area contributed by atoms with Crippen LogP contribution in [0.5, 0.6) is 5.75 Å². The monoisotopic (exact) mass is 403 g/mol. The van der Waals surface area contributed by atoms with Crippen LogP contribution in [0.2, 0.25) is 0 Å². The molecule has 0 aliphatic rings. The van der Waals surface area contributed by atoms with E-state index >= 15 is 0 Å². The van der Waals surface area contributed by atoms with Gasteiger partial charge in [-0.25, -0.2) is 4.39 Å². The molecule has 3 rings (SSSR count). The predicted molar refractivity (Wildman–Crippen MR) is 105 cm³/mol. The molecule has 3 aromatic rings. The van der Waals surface area contributed by atoms with Crippen LogP contribution in [0.25, 0.3) is 11.1 Å². The summed E-state index contributed by atoms with van der Waals surface area (Å²) in [6.07, 6.45) is -4.37. The maximum absolute atomic E-state index is 13.1. The van der Waals surface area contributed by atoms with Gasteiger partial charge in [-0.15, -0.1) is 0 Å². The highest BCUT2D eigenvalue weighted by atomic mass is 19.4. The van der Waals surface area contributed by atoms with Crippen LogP contribution in [0.15, 0.2) is 66.7 Å².